The summed E-state index contributed by atoms with van der Waals surface area (Å²) in [4.78, 5) is 50.2. The van der Waals surface area contributed by atoms with Crippen molar-refractivity contribution in [2.24, 2.45) is 0 Å². The molecule has 1 atom stereocenters. The van der Waals surface area contributed by atoms with Gasteiger partial charge in [0.1, 0.15) is 28.7 Å². The molecule has 0 bridgehead atoms. The van der Waals surface area contributed by atoms with Crippen LogP contribution in [0.5, 0.6) is 0 Å². The Morgan fingerprint density at radius 2 is 1.37 bits per heavy atom. The second-order valence-corrected chi connectivity index (χ2v) is 11.2. The van der Waals surface area contributed by atoms with E-state index >= 15 is 0 Å². The van der Waals surface area contributed by atoms with Gasteiger partial charge in [0.15, 0.2) is 0 Å². The zero-order chi connectivity index (χ0) is 30.1. The summed E-state index contributed by atoms with van der Waals surface area (Å²) in [5.74, 6) is -0.125. The summed E-state index contributed by atoms with van der Waals surface area (Å²) in [5.41, 5.74) is -1.41. The van der Waals surface area contributed by atoms with Gasteiger partial charge >= 0.3 is 24.5 Å². The van der Waals surface area contributed by atoms with E-state index in [1.165, 1.54) is 12.1 Å². The molecule has 0 aliphatic carbocycles. The number of imide groups is 1. The number of carbonyl (C=O) groups is 4. The minimum Gasteiger partial charge on any atom is -0.464 e. The molecule has 12 nitrogen and oxygen atoms in total. The monoisotopic (exact) mass is 537 g/mol. The number of amides is 2. The van der Waals surface area contributed by atoms with Gasteiger partial charge in [0.2, 0.25) is 0 Å². The summed E-state index contributed by atoms with van der Waals surface area (Å²) in [6, 6.07) is 4.81. The van der Waals surface area contributed by atoms with E-state index in [0.717, 1.165) is 6.42 Å². The molecule has 0 fully saturated rings. The predicted octanol–water partition coefficient (Wildman–Crippen LogP) is 6.76. The molecule has 38 heavy (non-hydrogen) atoms. The zero-order valence-electron chi connectivity index (χ0n) is 24.0. The van der Waals surface area contributed by atoms with Crippen LogP contribution >= 0.6 is 0 Å². The lowest BCUT2D eigenvalue weighted by Gasteiger charge is -2.24. The van der Waals surface area contributed by atoms with Crippen LogP contribution < -0.4 is 4.90 Å². The number of nitrogens with zero attached hydrogens (tertiary/aromatic N) is 3. The molecule has 1 N–H and O–H groups in total. The maximum atomic E-state index is 12.1. The Balaban J connectivity index is 0.000000793. The number of pyridine rings is 1. The number of anilines is 1. The molecule has 212 valence electrons. The fraction of sp³-hybridized carbons (Fsp3) is 0.615. The minimum atomic E-state index is -1.49. The average molecular weight is 538 g/mol. The number of nitriles is 1. The highest BCUT2D eigenvalue weighted by Crippen LogP contribution is 2.25. The molecule has 0 radical (unpaired) electrons. The van der Waals surface area contributed by atoms with Crippen molar-refractivity contribution in [3.63, 3.8) is 0 Å². The Hall–Kier alpha value is -3.88. The Kier molecular flexibility index (Phi) is 12.2. The van der Waals surface area contributed by atoms with Crippen LogP contribution in [-0.4, -0.2) is 51.4 Å². The summed E-state index contributed by atoms with van der Waals surface area (Å²) in [7, 11) is 0. The number of rotatable bonds is 3. The Morgan fingerprint density at radius 1 is 0.921 bits per heavy atom. The maximum absolute atomic E-state index is 12.1. The molecule has 1 aromatic heterocycles. The molecule has 1 unspecified atom stereocenters. The van der Waals surface area contributed by atoms with Crippen molar-refractivity contribution >= 4 is 30.3 Å². The van der Waals surface area contributed by atoms with Crippen LogP contribution in [0.25, 0.3) is 0 Å². The maximum Gasteiger partial charge on any atom is 0.519 e. The first-order valence-electron chi connectivity index (χ1n) is 11.9. The molecule has 0 aliphatic heterocycles. The number of aromatic nitrogens is 1. The number of carboxylic acid groups (broad SMARTS) is 1. The molecule has 0 spiro atoms. The highest BCUT2D eigenvalue weighted by atomic mass is 16.8. The molecular weight excluding hydrogens is 498 g/mol. The molecule has 0 saturated carbocycles. The van der Waals surface area contributed by atoms with E-state index < -0.39 is 41.3 Å². The third-order valence-electron chi connectivity index (χ3n) is 4.05. The average Bonchev–Trinajstić information content (AvgIpc) is 2.69. The second kappa shape index (κ2) is 13.6. The minimum absolute atomic E-state index is 0.0427. The van der Waals surface area contributed by atoms with Gasteiger partial charge in [-0.3, -0.25) is 0 Å². The lowest BCUT2D eigenvalue weighted by molar-refractivity contribution is -0.0294. The van der Waals surface area contributed by atoms with Crippen LogP contribution in [0.15, 0.2) is 12.1 Å². The molecular formula is C26H39N3O9. The van der Waals surface area contributed by atoms with Crippen LogP contribution in [0.4, 0.5) is 25.0 Å². The topological polar surface area (TPSA) is 165 Å². The molecule has 0 aliphatic rings. The summed E-state index contributed by atoms with van der Waals surface area (Å²) in [6.45, 7) is 18.8. The van der Waals surface area contributed by atoms with Crippen LogP contribution in [0.2, 0.25) is 0 Å². The van der Waals surface area contributed by atoms with Crippen molar-refractivity contribution in [2.75, 3.05) is 4.90 Å². The third-order valence-corrected chi connectivity index (χ3v) is 4.05. The first-order valence-corrected chi connectivity index (χ1v) is 11.9. The molecule has 1 rings (SSSR count). The number of ether oxygens (including phenoxy) is 4. The van der Waals surface area contributed by atoms with Crippen molar-refractivity contribution in [1.82, 2.24) is 4.98 Å². The van der Waals surface area contributed by atoms with Gasteiger partial charge in [-0.05, 0) is 86.8 Å². The summed E-state index contributed by atoms with van der Waals surface area (Å²) in [5, 5.41) is 18.5. The second-order valence-electron chi connectivity index (χ2n) is 11.2. The molecule has 0 aromatic carbocycles. The summed E-state index contributed by atoms with van der Waals surface area (Å²) in [6.07, 6.45) is -3.91. The number of hydrogen-bond donors (Lipinski definition) is 1. The van der Waals surface area contributed by atoms with Gasteiger partial charge in [-0.1, -0.05) is 13.8 Å². The fourth-order valence-corrected chi connectivity index (χ4v) is 2.44. The van der Waals surface area contributed by atoms with Crippen LogP contribution in [0, 0.1) is 11.3 Å². The van der Waals surface area contributed by atoms with E-state index in [1.54, 1.807) is 62.3 Å². The first kappa shape index (κ1) is 34.1. The summed E-state index contributed by atoms with van der Waals surface area (Å²) < 4.78 is 18.9. The van der Waals surface area contributed by atoms with Gasteiger partial charge in [-0.25, -0.2) is 24.2 Å². The van der Waals surface area contributed by atoms with Crippen molar-refractivity contribution in [1.29, 1.82) is 5.26 Å². The van der Waals surface area contributed by atoms with E-state index in [4.69, 9.17) is 19.5 Å². The van der Waals surface area contributed by atoms with Gasteiger partial charge in [0.05, 0.1) is 11.3 Å². The van der Waals surface area contributed by atoms with Crippen molar-refractivity contribution < 1.29 is 43.2 Å². The fourth-order valence-electron chi connectivity index (χ4n) is 2.44. The van der Waals surface area contributed by atoms with Gasteiger partial charge in [0, 0.05) is 0 Å². The standard InChI is InChI=1S/C16H21N3O4.C10H18O5/c1-6-10(2)13-11(9-17)7-8-12(18-13)19(14(20)21)15(22)23-16(3,4)5;1-9(2,3)14-7(11)13-8(12)15-10(4,5)6/h7-8,10H,6H2,1-5H3,(H,20,21);1-6H3. The van der Waals surface area contributed by atoms with E-state index in [0.29, 0.717) is 16.2 Å². The zero-order valence-corrected chi connectivity index (χ0v) is 24.0. The van der Waals surface area contributed by atoms with Gasteiger partial charge in [0.25, 0.3) is 0 Å². The SMILES string of the molecule is CC(C)(C)OC(=O)OC(=O)OC(C)(C)C.CCC(C)c1nc(N(C(=O)O)C(=O)OC(C)(C)C)ccc1C#N. The van der Waals surface area contributed by atoms with E-state index in [-0.39, 0.29) is 11.7 Å². The third kappa shape index (κ3) is 13.4. The van der Waals surface area contributed by atoms with Crippen LogP contribution in [0.1, 0.15) is 99.8 Å². The lowest BCUT2D eigenvalue weighted by Crippen LogP contribution is -2.40. The van der Waals surface area contributed by atoms with Gasteiger partial charge in [-0.15, -0.1) is 0 Å². The molecule has 1 heterocycles. The molecule has 1 aromatic rings. The van der Waals surface area contributed by atoms with Gasteiger partial charge in [-0.2, -0.15) is 10.2 Å². The predicted molar refractivity (Wildman–Crippen MR) is 138 cm³/mol. The Labute approximate surface area is 223 Å². The highest BCUT2D eigenvalue weighted by Gasteiger charge is 2.30. The van der Waals surface area contributed by atoms with Crippen molar-refractivity contribution in [2.45, 2.75) is 105 Å². The lowest BCUT2D eigenvalue weighted by atomic mass is 10.00. The Morgan fingerprint density at radius 3 is 1.71 bits per heavy atom. The molecule has 0 saturated heterocycles. The first-order chi connectivity index (χ1) is 17.1. The largest absolute Gasteiger partial charge is 0.519 e. The van der Waals surface area contributed by atoms with E-state index in [1.807, 2.05) is 19.9 Å². The van der Waals surface area contributed by atoms with Crippen molar-refractivity contribution in [3.8, 4) is 6.07 Å². The Bertz CT molecular complexity index is 1020. The van der Waals surface area contributed by atoms with Crippen LogP contribution in [0.3, 0.4) is 0 Å². The van der Waals surface area contributed by atoms with Gasteiger partial charge < -0.3 is 24.1 Å². The smallest absolute Gasteiger partial charge is 0.464 e. The summed E-state index contributed by atoms with van der Waals surface area (Å²) >= 11 is 0. The quantitative estimate of drug-likeness (QED) is 0.246. The van der Waals surface area contributed by atoms with E-state index in [9.17, 15) is 24.3 Å². The highest BCUT2D eigenvalue weighted by molar-refractivity contribution is 6.07. The number of carbonyl (C=O) groups excluding carboxylic acids is 3. The normalized spacial score (nSPS) is 12.1. The van der Waals surface area contributed by atoms with E-state index in [2.05, 4.69) is 9.72 Å². The van der Waals surface area contributed by atoms with Crippen molar-refractivity contribution in [3.05, 3.63) is 23.4 Å². The number of hydrogen-bond acceptors (Lipinski definition) is 10. The molecule has 2 amide bonds. The van der Waals surface area contributed by atoms with Crippen LogP contribution in [-0.2, 0) is 18.9 Å². The molecule has 12 heteroatoms.